The summed E-state index contributed by atoms with van der Waals surface area (Å²) in [5.41, 5.74) is 3.49. The number of nitrogens with one attached hydrogen (secondary N) is 2. The van der Waals surface area contributed by atoms with E-state index in [0.717, 1.165) is 37.0 Å². The van der Waals surface area contributed by atoms with Crippen LogP contribution in [-0.4, -0.2) is 19.7 Å². The lowest BCUT2D eigenvalue weighted by molar-refractivity contribution is 0.0277. The van der Waals surface area contributed by atoms with Crippen LogP contribution in [0.2, 0.25) is 5.02 Å². The molecule has 1 saturated heterocycles. The van der Waals surface area contributed by atoms with Gasteiger partial charge in [-0.15, -0.1) is 0 Å². The number of benzene rings is 2. The highest BCUT2D eigenvalue weighted by Crippen LogP contribution is 2.21. The molecule has 0 aliphatic carbocycles. The second-order valence-corrected chi connectivity index (χ2v) is 5.61. The zero-order chi connectivity index (χ0) is 14.5. The molecule has 0 spiro atoms. The van der Waals surface area contributed by atoms with Gasteiger partial charge in [0.2, 0.25) is 0 Å². The molecule has 3 nitrogen and oxygen atoms in total. The lowest BCUT2D eigenvalue weighted by Gasteiger charge is -2.24. The molecule has 2 aromatic carbocycles. The average molecular weight is 303 g/mol. The Bertz CT molecular complexity index is 580. The van der Waals surface area contributed by atoms with Gasteiger partial charge in [-0.1, -0.05) is 35.9 Å². The van der Waals surface area contributed by atoms with Crippen molar-refractivity contribution in [2.45, 2.75) is 12.6 Å². The first kappa shape index (κ1) is 14.4. The SMILES string of the molecule is Clc1cccc(CNc2ccc([C@H]3CNCCO3)cc2)c1. The molecular formula is C17H19ClN2O. The van der Waals surface area contributed by atoms with Crippen LogP contribution in [0.5, 0.6) is 0 Å². The van der Waals surface area contributed by atoms with E-state index in [2.05, 4.69) is 41.0 Å². The van der Waals surface area contributed by atoms with Crippen LogP contribution in [0.4, 0.5) is 5.69 Å². The predicted molar refractivity (Wildman–Crippen MR) is 86.8 cm³/mol. The first-order chi connectivity index (χ1) is 10.3. The van der Waals surface area contributed by atoms with E-state index in [1.807, 2.05) is 18.2 Å². The van der Waals surface area contributed by atoms with E-state index < -0.39 is 0 Å². The van der Waals surface area contributed by atoms with Crippen molar-refractivity contribution < 1.29 is 4.74 Å². The summed E-state index contributed by atoms with van der Waals surface area (Å²) in [4.78, 5) is 0. The van der Waals surface area contributed by atoms with Gasteiger partial charge in [0.1, 0.15) is 0 Å². The van der Waals surface area contributed by atoms with E-state index in [1.54, 1.807) is 0 Å². The Morgan fingerprint density at radius 3 is 2.76 bits per heavy atom. The molecule has 0 radical (unpaired) electrons. The van der Waals surface area contributed by atoms with E-state index in [-0.39, 0.29) is 6.10 Å². The highest BCUT2D eigenvalue weighted by molar-refractivity contribution is 6.30. The predicted octanol–water partition coefficient (Wildman–Crippen LogP) is 3.61. The maximum atomic E-state index is 5.99. The summed E-state index contributed by atoms with van der Waals surface area (Å²) in [7, 11) is 0. The Hall–Kier alpha value is -1.55. The fourth-order valence-electron chi connectivity index (χ4n) is 2.45. The van der Waals surface area contributed by atoms with Crippen molar-refractivity contribution in [1.82, 2.24) is 5.32 Å². The molecule has 1 atom stereocenters. The third-order valence-corrected chi connectivity index (χ3v) is 3.83. The fourth-order valence-corrected chi connectivity index (χ4v) is 2.66. The maximum Gasteiger partial charge on any atom is 0.0949 e. The number of morpholine rings is 1. The Balaban J connectivity index is 1.59. The van der Waals surface area contributed by atoms with Crippen LogP contribution in [-0.2, 0) is 11.3 Å². The number of rotatable bonds is 4. The standard InChI is InChI=1S/C17H19ClN2O/c18-15-3-1-2-13(10-15)11-20-16-6-4-14(5-7-16)17-12-19-8-9-21-17/h1-7,10,17,19-20H,8-9,11-12H2/t17-/m1/s1. The molecule has 110 valence electrons. The van der Waals surface area contributed by atoms with Gasteiger partial charge in [-0.2, -0.15) is 0 Å². The largest absolute Gasteiger partial charge is 0.381 e. The lowest BCUT2D eigenvalue weighted by Crippen LogP contribution is -2.33. The lowest BCUT2D eigenvalue weighted by atomic mass is 10.1. The van der Waals surface area contributed by atoms with Crippen LogP contribution in [0, 0.1) is 0 Å². The second-order valence-electron chi connectivity index (χ2n) is 5.17. The summed E-state index contributed by atoms with van der Waals surface area (Å²) in [6.45, 7) is 3.37. The van der Waals surface area contributed by atoms with Gasteiger partial charge >= 0.3 is 0 Å². The zero-order valence-corrected chi connectivity index (χ0v) is 12.6. The van der Waals surface area contributed by atoms with Gasteiger partial charge in [-0.05, 0) is 35.4 Å². The maximum absolute atomic E-state index is 5.99. The van der Waals surface area contributed by atoms with Crippen molar-refractivity contribution in [3.63, 3.8) is 0 Å². The summed E-state index contributed by atoms with van der Waals surface area (Å²) in [6, 6.07) is 16.3. The van der Waals surface area contributed by atoms with Crippen molar-refractivity contribution >= 4 is 17.3 Å². The molecule has 0 unspecified atom stereocenters. The van der Waals surface area contributed by atoms with Gasteiger partial charge in [0.05, 0.1) is 12.7 Å². The summed E-state index contributed by atoms with van der Waals surface area (Å²) in [6.07, 6.45) is 0.167. The minimum Gasteiger partial charge on any atom is -0.381 e. The second kappa shape index (κ2) is 6.94. The Morgan fingerprint density at radius 2 is 2.05 bits per heavy atom. The van der Waals surface area contributed by atoms with Crippen molar-refractivity contribution in [3.05, 3.63) is 64.7 Å². The molecule has 21 heavy (non-hydrogen) atoms. The molecule has 0 saturated carbocycles. The molecule has 1 heterocycles. The minimum atomic E-state index is 0.167. The number of anilines is 1. The van der Waals surface area contributed by atoms with E-state index in [0.29, 0.717) is 0 Å². The molecule has 1 aliphatic rings. The van der Waals surface area contributed by atoms with E-state index in [9.17, 15) is 0 Å². The van der Waals surface area contributed by atoms with E-state index in [4.69, 9.17) is 16.3 Å². The monoisotopic (exact) mass is 302 g/mol. The average Bonchev–Trinajstić information content (AvgIpc) is 2.54. The molecule has 2 N–H and O–H groups in total. The van der Waals surface area contributed by atoms with Crippen molar-refractivity contribution in [2.24, 2.45) is 0 Å². The Morgan fingerprint density at radius 1 is 1.19 bits per heavy atom. The van der Waals surface area contributed by atoms with Gasteiger partial charge in [-0.25, -0.2) is 0 Å². The van der Waals surface area contributed by atoms with Crippen LogP contribution in [0.15, 0.2) is 48.5 Å². The summed E-state index contributed by atoms with van der Waals surface area (Å²) in [5, 5.41) is 7.52. The van der Waals surface area contributed by atoms with Gasteiger partial charge in [0.25, 0.3) is 0 Å². The van der Waals surface area contributed by atoms with Gasteiger partial charge < -0.3 is 15.4 Å². The van der Waals surface area contributed by atoms with Crippen LogP contribution >= 0.6 is 11.6 Å². The highest BCUT2D eigenvalue weighted by Gasteiger charge is 2.14. The molecule has 4 heteroatoms. The van der Waals surface area contributed by atoms with E-state index in [1.165, 1.54) is 11.1 Å². The molecule has 3 rings (SSSR count). The summed E-state index contributed by atoms with van der Waals surface area (Å²) in [5.74, 6) is 0. The van der Waals surface area contributed by atoms with Crippen LogP contribution < -0.4 is 10.6 Å². The minimum absolute atomic E-state index is 0.167. The Labute approximate surface area is 130 Å². The third kappa shape index (κ3) is 3.97. The van der Waals surface area contributed by atoms with Crippen LogP contribution in [0.1, 0.15) is 17.2 Å². The quantitative estimate of drug-likeness (QED) is 0.905. The summed E-state index contributed by atoms with van der Waals surface area (Å²) >= 11 is 5.99. The van der Waals surface area contributed by atoms with Crippen molar-refractivity contribution in [2.75, 3.05) is 25.0 Å². The fraction of sp³-hybridized carbons (Fsp3) is 0.294. The van der Waals surface area contributed by atoms with Crippen LogP contribution in [0.3, 0.4) is 0 Å². The molecule has 2 aromatic rings. The van der Waals surface area contributed by atoms with Crippen molar-refractivity contribution in [1.29, 1.82) is 0 Å². The number of hydrogen-bond donors (Lipinski definition) is 2. The molecule has 1 fully saturated rings. The molecule has 0 aromatic heterocycles. The number of halogens is 1. The first-order valence-corrected chi connectivity index (χ1v) is 7.60. The normalized spacial score (nSPS) is 18.4. The molecule has 1 aliphatic heterocycles. The smallest absolute Gasteiger partial charge is 0.0949 e. The number of hydrogen-bond acceptors (Lipinski definition) is 3. The highest BCUT2D eigenvalue weighted by atomic mass is 35.5. The molecular weight excluding hydrogens is 284 g/mol. The molecule has 0 amide bonds. The third-order valence-electron chi connectivity index (χ3n) is 3.60. The molecule has 0 bridgehead atoms. The zero-order valence-electron chi connectivity index (χ0n) is 11.8. The first-order valence-electron chi connectivity index (χ1n) is 7.22. The summed E-state index contributed by atoms with van der Waals surface area (Å²) < 4.78 is 5.75. The van der Waals surface area contributed by atoms with Gasteiger partial charge in [0.15, 0.2) is 0 Å². The van der Waals surface area contributed by atoms with Crippen LogP contribution in [0.25, 0.3) is 0 Å². The van der Waals surface area contributed by atoms with Crippen molar-refractivity contribution in [3.8, 4) is 0 Å². The van der Waals surface area contributed by atoms with Gasteiger partial charge in [0, 0.05) is 30.3 Å². The topological polar surface area (TPSA) is 33.3 Å². The Kier molecular flexibility index (Phi) is 4.76. The van der Waals surface area contributed by atoms with E-state index >= 15 is 0 Å². The number of ether oxygens (including phenoxy) is 1. The van der Waals surface area contributed by atoms with Gasteiger partial charge in [-0.3, -0.25) is 0 Å².